The fraction of sp³-hybridized carbons (Fsp3) is 0.750. The summed E-state index contributed by atoms with van der Waals surface area (Å²) in [6.07, 6.45) is 8.11. The molecule has 0 spiro atoms. The zero-order valence-corrected chi connectivity index (χ0v) is 13.5. The number of nitrogens with one attached hydrogen (secondary N) is 1. The molecule has 1 saturated heterocycles. The molecule has 1 N–H and O–H groups in total. The van der Waals surface area contributed by atoms with Gasteiger partial charge in [-0.3, -0.25) is 9.48 Å². The molecular weight excluding hydrogens is 264 g/mol. The molecular formula is C16H28N4O. The van der Waals surface area contributed by atoms with Gasteiger partial charge in [0.15, 0.2) is 0 Å². The highest BCUT2D eigenvalue weighted by Gasteiger charge is 2.18. The maximum atomic E-state index is 12.1. The monoisotopic (exact) mass is 292 g/mol. The van der Waals surface area contributed by atoms with Crippen molar-refractivity contribution in [3.8, 4) is 0 Å². The lowest BCUT2D eigenvalue weighted by Gasteiger charge is -2.27. The Kier molecular flexibility index (Phi) is 5.79. The molecule has 2 atom stereocenters. The zero-order chi connectivity index (χ0) is 15.2. The van der Waals surface area contributed by atoms with Gasteiger partial charge < -0.3 is 10.2 Å². The second kappa shape index (κ2) is 7.59. The van der Waals surface area contributed by atoms with E-state index < -0.39 is 0 Å². The molecule has 2 rings (SSSR count). The van der Waals surface area contributed by atoms with Gasteiger partial charge in [0.25, 0.3) is 0 Å². The van der Waals surface area contributed by atoms with Gasteiger partial charge in [-0.25, -0.2) is 0 Å². The highest BCUT2D eigenvalue weighted by molar-refractivity contribution is 5.76. The Hall–Kier alpha value is -1.36. The number of carbonyl (C=O) groups is 1. The number of carbonyl (C=O) groups excluding carboxylic acids is 1. The Morgan fingerprint density at radius 3 is 2.67 bits per heavy atom. The lowest BCUT2D eigenvalue weighted by Crippen LogP contribution is -2.39. The molecule has 2 heterocycles. The molecule has 21 heavy (non-hydrogen) atoms. The summed E-state index contributed by atoms with van der Waals surface area (Å²) in [7, 11) is 0. The normalized spacial score (nSPS) is 18.5. The fourth-order valence-corrected chi connectivity index (χ4v) is 2.76. The number of piperidine rings is 1. The lowest BCUT2D eigenvalue weighted by atomic mass is 10.1. The second-order valence-corrected chi connectivity index (χ2v) is 6.17. The second-order valence-electron chi connectivity index (χ2n) is 6.17. The van der Waals surface area contributed by atoms with Crippen LogP contribution in [-0.4, -0.2) is 46.3 Å². The SMILES string of the molecule is Cc1cnn(C(C)C(C)NCCC(=O)N2CCCCC2)c1. The highest BCUT2D eigenvalue weighted by atomic mass is 16.2. The van der Waals surface area contributed by atoms with Crippen molar-refractivity contribution in [2.24, 2.45) is 0 Å². The number of nitrogens with zero attached hydrogens (tertiary/aromatic N) is 3. The molecule has 1 aromatic heterocycles. The lowest BCUT2D eigenvalue weighted by molar-refractivity contribution is -0.132. The molecule has 0 aromatic carbocycles. The van der Waals surface area contributed by atoms with Crippen molar-refractivity contribution in [1.82, 2.24) is 20.0 Å². The third kappa shape index (κ3) is 4.56. The van der Waals surface area contributed by atoms with Crippen LogP contribution < -0.4 is 5.32 Å². The first-order chi connectivity index (χ1) is 10.1. The van der Waals surface area contributed by atoms with Crippen LogP contribution in [0, 0.1) is 6.92 Å². The predicted molar refractivity (Wildman–Crippen MR) is 84.2 cm³/mol. The van der Waals surface area contributed by atoms with Crippen molar-refractivity contribution in [2.75, 3.05) is 19.6 Å². The van der Waals surface area contributed by atoms with E-state index in [-0.39, 0.29) is 11.9 Å². The first kappa shape index (κ1) is 16.0. The highest BCUT2D eigenvalue weighted by Crippen LogP contribution is 2.12. The van der Waals surface area contributed by atoms with Crippen molar-refractivity contribution in [3.63, 3.8) is 0 Å². The van der Waals surface area contributed by atoms with E-state index in [0.29, 0.717) is 12.5 Å². The molecule has 2 unspecified atom stereocenters. The number of hydrogen-bond donors (Lipinski definition) is 1. The molecule has 0 bridgehead atoms. The zero-order valence-electron chi connectivity index (χ0n) is 13.5. The van der Waals surface area contributed by atoms with Crippen LogP contribution in [0.4, 0.5) is 0 Å². The fourth-order valence-electron chi connectivity index (χ4n) is 2.76. The number of aryl methyl sites for hydroxylation is 1. The minimum atomic E-state index is 0.281. The largest absolute Gasteiger partial charge is 0.343 e. The van der Waals surface area contributed by atoms with Crippen LogP contribution in [0.1, 0.15) is 51.1 Å². The Labute approximate surface area is 127 Å². The van der Waals surface area contributed by atoms with E-state index in [1.165, 1.54) is 12.0 Å². The molecule has 1 aliphatic heterocycles. The average molecular weight is 292 g/mol. The molecule has 1 aromatic rings. The van der Waals surface area contributed by atoms with E-state index >= 15 is 0 Å². The maximum Gasteiger partial charge on any atom is 0.223 e. The molecule has 0 radical (unpaired) electrons. The summed E-state index contributed by atoms with van der Waals surface area (Å²) in [5.41, 5.74) is 1.18. The van der Waals surface area contributed by atoms with E-state index in [1.54, 1.807) is 0 Å². The molecule has 1 amide bonds. The van der Waals surface area contributed by atoms with Crippen molar-refractivity contribution < 1.29 is 4.79 Å². The summed E-state index contributed by atoms with van der Waals surface area (Å²) in [6, 6.07) is 0.572. The number of aromatic nitrogens is 2. The molecule has 118 valence electrons. The van der Waals surface area contributed by atoms with Gasteiger partial charge in [0.05, 0.1) is 12.2 Å². The Morgan fingerprint density at radius 2 is 2.05 bits per heavy atom. The molecule has 0 aliphatic carbocycles. The Balaban J connectivity index is 1.71. The summed E-state index contributed by atoms with van der Waals surface area (Å²) in [5, 5.41) is 7.81. The Bertz CT molecular complexity index is 451. The Morgan fingerprint density at radius 1 is 1.33 bits per heavy atom. The van der Waals surface area contributed by atoms with Crippen molar-refractivity contribution in [3.05, 3.63) is 18.0 Å². The first-order valence-electron chi connectivity index (χ1n) is 8.10. The van der Waals surface area contributed by atoms with E-state index in [2.05, 4.69) is 30.5 Å². The van der Waals surface area contributed by atoms with E-state index in [1.807, 2.05) is 22.7 Å². The van der Waals surface area contributed by atoms with Gasteiger partial charge in [0.2, 0.25) is 5.91 Å². The smallest absolute Gasteiger partial charge is 0.223 e. The minimum Gasteiger partial charge on any atom is -0.343 e. The topological polar surface area (TPSA) is 50.2 Å². The van der Waals surface area contributed by atoms with Crippen molar-refractivity contribution in [2.45, 2.75) is 58.5 Å². The third-order valence-corrected chi connectivity index (χ3v) is 4.39. The first-order valence-corrected chi connectivity index (χ1v) is 8.10. The quantitative estimate of drug-likeness (QED) is 0.874. The van der Waals surface area contributed by atoms with E-state index in [9.17, 15) is 4.79 Å². The van der Waals surface area contributed by atoms with Gasteiger partial charge in [-0.05, 0) is 45.6 Å². The summed E-state index contributed by atoms with van der Waals surface area (Å²) in [4.78, 5) is 14.1. The summed E-state index contributed by atoms with van der Waals surface area (Å²) in [6.45, 7) is 8.96. The summed E-state index contributed by atoms with van der Waals surface area (Å²) < 4.78 is 1.99. The van der Waals surface area contributed by atoms with Crippen molar-refractivity contribution >= 4 is 5.91 Å². The van der Waals surface area contributed by atoms with Crippen LogP contribution in [0.15, 0.2) is 12.4 Å². The van der Waals surface area contributed by atoms with Crippen LogP contribution in [0.5, 0.6) is 0 Å². The summed E-state index contributed by atoms with van der Waals surface area (Å²) >= 11 is 0. The van der Waals surface area contributed by atoms with Crippen LogP contribution in [0.2, 0.25) is 0 Å². The average Bonchev–Trinajstić information content (AvgIpc) is 2.93. The number of hydrogen-bond acceptors (Lipinski definition) is 3. The molecule has 0 saturated carbocycles. The molecule has 5 heteroatoms. The molecule has 1 fully saturated rings. The maximum absolute atomic E-state index is 12.1. The van der Waals surface area contributed by atoms with E-state index in [0.717, 1.165) is 32.5 Å². The minimum absolute atomic E-state index is 0.281. The van der Waals surface area contributed by atoms with Crippen LogP contribution in [0.25, 0.3) is 0 Å². The van der Waals surface area contributed by atoms with Gasteiger partial charge >= 0.3 is 0 Å². The van der Waals surface area contributed by atoms with Gasteiger partial charge in [-0.1, -0.05) is 0 Å². The van der Waals surface area contributed by atoms with Gasteiger partial charge in [-0.2, -0.15) is 5.10 Å². The van der Waals surface area contributed by atoms with Gasteiger partial charge in [-0.15, -0.1) is 0 Å². The predicted octanol–water partition coefficient (Wildman–Crippen LogP) is 2.13. The van der Waals surface area contributed by atoms with E-state index in [4.69, 9.17) is 0 Å². The van der Waals surface area contributed by atoms with Crippen LogP contribution >= 0.6 is 0 Å². The molecule has 1 aliphatic rings. The van der Waals surface area contributed by atoms with Gasteiger partial charge in [0.1, 0.15) is 0 Å². The standard InChI is InChI=1S/C16H28N4O/c1-13-11-18-20(12-13)15(3)14(2)17-8-7-16(21)19-9-5-4-6-10-19/h11-12,14-15,17H,4-10H2,1-3H3. The number of likely N-dealkylation sites (tertiary alicyclic amines) is 1. The number of rotatable bonds is 6. The van der Waals surface area contributed by atoms with Crippen molar-refractivity contribution in [1.29, 1.82) is 0 Å². The third-order valence-electron chi connectivity index (χ3n) is 4.39. The van der Waals surface area contributed by atoms with Gasteiger partial charge in [0, 0.05) is 38.3 Å². The van der Waals surface area contributed by atoms with Crippen LogP contribution in [-0.2, 0) is 4.79 Å². The number of amides is 1. The summed E-state index contributed by atoms with van der Waals surface area (Å²) in [5.74, 6) is 0.289. The van der Waals surface area contributed by atoms with Crippen LogP contribution in [0.3, 0.4) is 0 Å². The molecule has 5 nitrogen and oxygen atoms in total.